The Bertz CT molecular complexity index is 1280. The van der Waals surface area contributed by atoms with Crippen LogP contribution in [0.15, 0.2) is 89.8 Å². The van der Waals surface area contributed by atoms with Crippen LogP contribution in [0.3, 0.4) is 0 Å². The van der Waals surface area contributed by atoms with Gasteiger partial charge in [0.2, 0.25) is 0 Å². The molecule has 4 nitrogen and oxygen atoms in total. The molecule has 0 aliphatic heterocycles. The molecule has 0 fully saturated rings. The van der Waals surface area contributed by atoms with E-state index < -0.39 is 0 Å². The van der Waals surface area contributed by atoms with Crippen molar-refractivity contribution in [2.45, 2.75) is 33.1 Å². The SMILES string of the molecule is CC1=CC(C)=C(CCC(=O)c2ccc(Oc3ccccc3-c3ccncc3)c(Cl)c2)C(=O)C1. The molecule has 0 atom stereocenters. The maximum atomic E-state index is 12.8. The van der Waals surface area contributed by atoms with Gasteiger partial charge in [0.15, 0.2) is 11.6 Å². The van der Waals surface area contributed by atoms with E-state index in [0.29, 0.717) is 34.9 Å². The quantitative estimate of drug-likeness (QED) is 0.347. The third-order valence-electron chi connectivity index (χ3n) is 5.67. The van der Waals surface area contributed by atoms with Gasteiger partial charge in [0.25, 0.3) is 0 Å². The summed E-state index contributed by atoms with van der Waals surface area (Å²) < 4.78 is 6.10. The van der Waals surface area contributed by atoms with Crippen LogP contribution in [0, 0.1) is 0 Å². The zero-order valence-electron chi connectivity index (χ0n) is 18.6. The molecule has 1 aromatic heterocycles. The number of ether oxygens (including phenoxy) is 1. The minimum absolute atomic E-state index is 0.0555. The highest BCUT2D eigenvalue weighted by Gasteiger charge is 2.19. The first kappa shape index (κ1) is 22.7. The molecule has 0 unspecified atom stereocenters. The van der Waals surface area contributed by atoms with E-state index in [1.165, 1.54) is 0 Å². The van der Waals surface area contributed by atoms with Crippen LogP contribution < -0.4 is 4.74 Å². The second-order valence-corrected chi connectivity index (χ2v) is 8.56. The summed E-state index contributed by atoms with van der Waals surface area (Å²) in [6.07, 6.45) is 6.60. The summed E-state index contributed by atoms with van der Waals surface area (Å²) in [6.45, 7) is 3.87. The van der Waals surface area contributed by atoms with E-state index >= 15 is 0 Å². The van der Waals surface area contributed by atoms with Crippen LogP contribution in [0.1, 0.15) is 43.5 Å². The van der Waals surface area contributed by atoms with Crippen LogP contribution in [0.2, 0.25) is 5.02 Å². The van der Waals surface area contributed by atoms with Gasteiger partial charge < -0.3 is 4.74 Å². The molecule has 0 N–H and O–H groups in total. The van der Waals surface area contributed by atoms with Gasteiger partial charge in [-0.3, -0.25) is 14.6 Å². The Kier molecular flexibility index (Phi) is 6.85. The Morgan fingerprint density at radius 3 is 2.52 bits per heavy atom. The molecule has 0 saturated carbocycles. The highest BCUT2D eigenvalue weighted by Crippen LogP contribution is 2.36. The van der Waals surface area contributed by atoms with Crippen molar-refractivity contribution < 1.29 is 14.3 Å². The molecular weight excluding hydrogens is 434 g/mol. The number of carbonyl (C=O) groups excluding carboxylic acids is 2. The minimum atomic E-state index is -0.0555. The second-order valence-electron chi connectivity index (χ2n) is 8.15. The normalized spacial score (nSPS) is 13.7. The number of rotatable bonds is 7. The molecule has 0 radical (unpaired) electrons. The predicted octanol–water partition coefficient (Wildman–Crippen LogP) is 7.39. The number of para-hydroxylation sites is 1. The van der Waals surface area contributed by atoms with Crippen molar-refractivity contribution in [3.05, 3.63) is 100 Å². The summed E-state index contributed by atoms with van der Waals surface area (Å²) in [5.74, 6) is 1.18. The first-order valence-electron chi connectivity index (χ1n) is 10.8. The van der Waals surface area contributed by atoms with E-state index in [-0.39, 0.29) is 18.0 Å². The topological polar surface area (TPSA) is 56.3 Å². The molecule has 166 valence electrons. The zero-order chi connectivity index (χ0) is 23.4. The Morgan fingerprint density at radius 2 is 1.79 bits per heavy atom. The maximum absolute atomic E-state index is 12.8. The Labute approximate surface area is 198 Å². The number of hydrogen-bond donors (Lipinski definition) is 0. The van der Waals surface area contributed by atoms with Gasteiger partial charge in [0.1, 0.15) is 11.5 Å². The van der Waals surface area contributed by atoms with E-state index in [9.17, 15) is 9.59 Å². The lowest BCUT2D eigenvalue weighted by atomic mass is 9.89. The largest absolute Gasteiger partial charge is 0.455 e. The van der Waals surface area contributed by atoms with Crippen molar-refractivity contribution in [3.63, 3.8) is 0 Å². The third-order valence-corrected chi connectivity index (χ3v) is 5.96. The zero-order valence-corrected chi connectivity index (χ0v) is 19.4. The van der Waals surface area contributed by atoms with Crippen LogP contribution in [0.5, 0.6) is 11.5 Å². The van der Waals surface area contributed by atoms with Crippen molar-refractivity contribution >= 4 is 23.2 Å². The third kappa shape index (κ3) is 5.29. The summed E-state index contributed by atoms with van der Waals surface area (Å²) in [5.41, 5.74) is 5.15. The summed E-state index contributed by atoms with van der Waals surface area (Å²) in [5, 5.41) is 0.355. The molecule has 0 amide bonds. The van der Waals surface area contributed by atoms with Crippen LogP contribution in [0.25, 0.3) is 11.1 Å². The summed E-state index contributed by atoms with van der Waals surface area (Å²) in [4.78, 5) is 29.1. The van der Waals surface area contributed by atoms with Gasteiger partial charge in [-0.1, -0.05) is 41.4 Å². The number of carbonyl (C=O) groups is 2. The molecule has 0 saturated heterocycles. The van der Waals surface area contributed by atoms with Gasteiger partial charge in [-0.2, -0.15) is 0 Å². The van der Waals surface area contributed by atoms with Crippen LogP contribution in [-0.2, 0) is 4.79 Å². The average Bonchev–Trinajstić information content (AvgIpc) is 2.80. The molecule has 33 heavy (non-hydrogen) atoms. The lowest BCUT2D eigenvalue weighted by molar-refractivity contribution is -0.115. The van der Waals surface area contributed by atoms with Gasteiger partial charge in [0, 0.05) is 36.4 Å². The van der Waals surface area contributed by atoms with E-state index in [1.54, 1.807) is 30.6 Å². The van der Waals surface area contributed by atoms with Gasteiger partial charge in [-0.05, 0) is 73.4 Å². The van der Waals surface area contributed by atoms with Gasteiger partial charge in [0.05, 0.1) is 5.02 Å². The second kappa shape index (κ2) is 9.97. The molecule has 0 bridgehead atoms. The van der Waals surface area contributed by atoms with E-state index in [4.69, 9.17) is 16.3 Å². The van der Waals surface area contributed by atoms with Gasteiger partial charge in [-0.15, -0.1) is 0 Å². The van der Waals surface area contributed by atoms with Crippen molar-refractivity contribution in [2.75, 3.05) is 0 Å². The number of ketones is 2. The van der Waals surface area contributed by atoms with Gasteiger partial charge in [-0.25, -0.2) is 0 Å². The fourth-order valence-corrected chi connectivity index (χ4v) is 4.23. The lowest BCUT2D eigenvalue weighted by Crippen LogP contribution is -2.11. The predicted molar refractivity (Wildman–Crippen MR) is 131 cm³/mol. The smallest absolute Gasteiger partial charge is 0.163 e. The van der Waals surface area contributed by atoms with Crippen LogP contribution >= 0.6 is 11.6 Å². The molecule has 3 aromatic rings. The Hall–Kier alpha value is -3.50. The Balaban J connectivity index is 1.49. The first-order valence-corrected chi connectivity index (χ1v) is 11.2. The monoisotopic (exact) mass is 457 g/mol. The summed E-state index contributed by atoms with van der Waals surface area (Å²) >= 11 is 6.47. The first-order chi connectivity index (χ1) is 15.9. The van der Waals surface area contributed by atoms with E-state index in [0.717, 1.165) is 27.8 Å². The number of nitrogens with zero attached hydrogens (tertiary/aromatic N) is 1. The van der Waals surface area contributed by atoms with E-state index in [1.807, 2.05) is 56.3 Å². The number of Topliss-reactive ketones (excluding diaryl/α,β-unsaturated/α-hetero) is 2. The molecule has 1 aliphatic carbocycles. The molecule has 0 spiro atoms. The molecule has 4 rings (SSSR count). The standard InChI is InChI=1S/C28H24ClNO3/c1-18-15-19(2)22(26(32)16-18)8-9-25(31)21-7-10-28(24(29)17-21)33-27-6-4-3-5-23(27)20-11-13-30-14-12-20/h3-7,10-15,17H,8-9,16H2,1-2H3. The number of halogens is 1. The van der Waals surface area contributed by atoms with Crippen molar-refractivity contribution in [2.24, 2.45) is 0 Å². The molecule has 2 aromatic carbocycles. The number of benzene rings is 2. The molecule has 5 heteroatoms. The summed E-state index contributed by atoms with van der Waals surface area (Å²) in [6, 6.07) is 16.6. The van der Waals surface area contributed by atoms with Crippen LogP contribution in [-0.4, -0.2) is 16.6 Å². The van der Waals surface area contributed by atoms with Crippen LogP contribution in [0.4, 0.5) is 0 Å². The minimum Gasteiger partial charge on any atom is -0.455 e. The highest BCUT2D eigenvalue weighted by molar-refractivity contribution is 6.32. The fraction of sp³-hybridized carbons (Fsp3) is 0.179. The molecular formula is C28H24ClNO3. The highest BCUT2D eigenvalue weighted by atomic mass is 35.5. The van der Waals surface area contributed by atoms with Crippen molar-refractivity contribution in [1.82, 2.24) is 4.98 Å². The lowest BCUT2D eigenvalue weighted by Gasteiger charge is -2.15. The molecule has 1 heterocycles. The number of pyridine rings is 1. The van der Waals surface area contributed by atoms with Crippen molar-refractivity contribution in [1.29, 1.82) is 0 Å². The number of hydrogen-bond acceptors (Lipinski definition) is 4. The molecule has 1 aliphatic rings. The van der Waals surface area contributed by atoms with E-state index in [2.05, 4.69) is 4.98 Å². The fourth-order valence-electron chi connectivity index (χ4n) is 4.01. The van der Waals surface area contributed by atoms with Gasteiger partial charge >= 0.3 is 0 Å². The van der Waals surface area contributed by atoms with Crippen molar-refractivity contribution in [3.8, 4) is 22.6 Å². The number of allylic oxidation sites excluding steroid dienone is 4. The average molecular weight is 458 g/mol. The summed E-state index contributed by atoms with van der Waals surface area (Å²) in [7, 11) is 0. The maximum Gasteiger partial charge on any atom is 0.163 e. The Morgan fingerprint density at radius 1 is 1.03 bits per heavy atom. The number of aromatic nitrogens is 1.